The van der Waals surface area contributed by atoms with Crippen molar-refractivity contribution >= 4 is 11.3 Å². The Bertz CT molecular complexity index is 590. The topological polar surface area (TPSA) is 20.2 Å². The normalized spacial score (nSPS) is 14.6. The van der Waals surface area contributed by atoms with Gasteiger partial charge in [0.15, 0.2) is 17.5 Å². The van der Waals surface area contributed by atoms with Crippen LogP contribution < -0.4 is 0 Å². The quantitative estimate of drug-likeness (QED) is 0.826. The number of aryl methyl sites for hydroxylation is 1. The largest absolute Gasteiger partial charge is 0.380 e. The highest BCUT2D eigenvalue weighted by Gasteiger charge is 2.32. The number of aliphatic hydroxyl groups is 1. The van der Waals surface area contributed by atoms with Crippen molar-refractivity contribution in [2.45, 2.75) is 19.4 Å². The van der Waals surface area contributed by atoms with E-state index in [1.165, 1.54) is 18.3 Å². The molecular weight excluding hydrogens is 261 g/mol. The van der Waals surface area contributed by atoms with Gasteiger partial charge in [-0.25, -0.2) is 13.2 Å². The molecule has 0 bridgehead atoms. The molecule has 1 N–H and O–H groups in total. The molecule has 1 nitrogen and oxygen atoms in total. The average molecular weight is 272 g/mol. The molecule has 18 heavy (non-hydrogen) atoms. The van der Waals surface area contributed by atoms with Crippen LogP contribution in [0.5, 0.6) is 0 Å². The molecule has 0 aliphatic heterocycles. The Morgan fingerprint density at radius 2 is 1.72 bits per heavy atom. The van der Waals surface area contributed by atoms with Gasteiger partial charge in [0.05, 0.1) is 0 Å². The first-order chi connectivity index (χ1) is 8.34. The molecule has 0 aliphatic carbocycles. The van der Waals surface area contributed by atoms with Crippen molar-refractivity contribution in [1.29, 1.82) is 0 Å². The Morgan fingerprint density at radius 1 is 1.06 bits per heavy atom. The van der Waals surface area contributed by atoms with E-state index < -0.39 is 23.1 Å². The minimum absolute atomic E-state index is 0.275. The van der Waals surface area contributed by atoms with Gasteiger partial charge in [0.1, 0.15) is 5.60 Å². The van der Waals surface area contributed by atoms with E-state index in [0.29, 0.717) is 4.88 Å². The van der Waals surface area contributed by atoms with Crippen molar-refractivity contribution in [3.63, 3.8) is 0 Å². The van der Waals surface area contributed by atoms with Gasteiger partial charge in [-0.2, -0.15) is 0 Å². The second-order valence-electron chi connectivity index (χ2n) is 4.21. The average Bonchev–Trinajstić information content (AvgIpc) is 2.73. The minimum atomic E-state index is -1.68. The molecule has 0 radical (unpaired) electrons. The zero-order valence-corrected chi connectivity index (χ0v) is 10.6. The Morgan fingerprint density at radius 3 is 2.28 bits per heavy atom. The molecule has 1 aromatic carbocycles. The Labute approximate surface area is 107 Å². The minimum Gasteiger partial charge on any atom is -0.380 e. The van der Waals surface area contributed by atoms with E-state index >= 15 is 0 Å². The summed E-state index contributed by atoms with van der Waals surface area (Å²) in [5, 5.41) is 10.3. The zero-order chi connectivity index (χ0) is 13.5. The van der Waals surface area contributed by atoms with Crippen molar-refractivity contribution in [3.05, 3.63) is 57.0 Å². The fourth-order valence-corrected chi connectivity index (χ4v) is 2.66. The SMILES string of the molecule is Cc1ccc(C(C)(O)c2ccc(F)c(F)c2F)s1. The number of benzene rings is 1. The van der Waals surface area contributed by atoms with Crippen LogP contribution in [-0.4, -0.2) is 5.11 Å². The van der Waals surface area contributed by atoms with Gasteiger partial charge >= 0.3 is 0 Å². The van der Waals surface area contributed by atoms with Crippen LogP contribution >= 0.6 is 11.3 Å². The molecule has 2 aromatic rings. The summed E-state index contributed by atoms with van der Waals surface area (Å²) >= 11 is 1.28. The first kappa shape index (κ1) is 13.1. The maximum Gasteiger partial charge on any atom is 0.194 e. The van der Waals surface area contributed by atoms with Crippen molar-refractivity contribution < 1.29 is 18.3 Å². The van der Waals surface area contributed by atoms with Gasteiger partial charge in [-0.05, 0) is 38.1 Å². The molecule has 1 heterocycles. The lowest BCUT2D eigenvalue weighted by Gasteiger charge is -2.23. The summed E-state index contributed by atoms with van der Waals surface area (Å²) in [5.41, 5.74) is -1.96. The standard InChI is InChI=1S/C13H11F3OS/c1-7-3-6-10(18-7)13(2,17)8-4-5-9(14)12(16)11(8)15/h3-6,17H,1-2H3. The number of hydrogen-bond acceptors (Lipinski definition) is 2. The molecule has 1 aromatic heterocycles. The van der Waals surface area contributed by atoms with E-state index in [0.717, 1.165) is 17.0 Å². The van der Waals surface area contributed by atoms with E-state index in [9.17, 15) is 18.3 Å². The van der Waals surface area contributed by atoms with Crippen LogP contribution in [0.1, 0.15) is 22.2 Å². The predicted octanol–water partition coefficient (Wildman–Crippen LogP) is 3.73. The molecule has 0 aliphatic rings. The first-order valence-corrected chi connectivity index (χ1v) is 6.09. The Balaban J connectivity index is 2.57. The van der Waals surface area contributed by atoms with Gasteiger partial charge in [-0.1, -0.05) is 0 Å². The van der Waals surface area contributed by atoms with Crippen LogP contribution in [0, 0.1) is 24.4 Å². The van der Waals surface area contributed by atoms with Crippen LogP contribution in [0.2, 0.25) is 0 Å². The lowest BCUT2D eigenvalue weighted by Crippen LogP contribution is -2.23. The highest BCUT2D eigenvalue weighted by Crippen LogP contribution is 2.36. The highest BCUT2D eigenvalue weighted by molar-refractivity contribution is 7.12. The molecule has 1 atom stereocenters. The third-order valence-electron chi connectivity index (χ3n) is 2.78. The summed E-state index contributed by atoms with van der Waals surface area (Å²) in [6.07, 6.45) is 0. The zero-order valence-electron chi connectivity index (χ0n) is 9.80. The van der Waals surface area contributed by atoms with Crippen molar-refractivity contribution in [2.75, 3.05) is 0 Å². The summed E-state index contributed by atoms with van der Waals surface area (Å²) < 4.78 is 39.7. The summed E-state index contributed by atoms with van der Waals surface area (Å²) in [7, 11) is 0. The molecule has 0 saturated carbocycles. The molecule has 96 valence electrons. The lowest BCUT2D eigenvalue weighted by molar-refractivity contribution is 0.101. The van der Waals surface area contributed by atoms with Gasteiger partial charge in [-0.3, -0.25) is 0 Å². The van der Waals surface area contributed by atoms with Gasteiger partial charge in [-0.15, -0.1) is 11.3 Å². The molecule has 1 unspecified atom stereocenters. The number of rotatable bonds is 2. The second kappa shape index (κ2) is 4.40. The third kappa shape index (κ3) is 2.04. The van der Waals surface area contributed by atoms with Crippen molar-refractivity contribution in [1.82, 2.24) is 0 Å². The molecule has 2 rings (SSSR count). The Kier molecular flexibility index (Phi) is 3.21. The van der Waals surface area contributed by atoms with E-state index in [2.05, 4.69) is 0 Å². The van der Waals surface area contributed by atoms with Gasteiger partial charge in [0.2, 0.25) is 0 Å². The summed E-state index contributed by atoms with van der Waals surface area (Å²) in [6.45, 7) is 3.19. The van der Waals surface area contributed by atoms with Crippen LogP contribution in [0.4, 0.5) is 13.2 Å². The van der Waals surface area contributed by atoms with Crippen LogP contribution in [0.15, 0.2) is 24.3 Å². The van der Waals surface area contributed by atoms with Crippen LogP contribution in [0.25, 0.3) is 0 Å². The number of hydrogen-bond donors (Lipinski definition) is 1. The highest BCUT2D eigenvalue weighted by atomic mass is 32.1. The molecule has 0 fully saturated rings. The third-order valence-corrected chi connectivity index (χ3v) is 3.99. The van der Waals surface area contributed by atoms with Gasteiger partial charge in [0.25, 0.3) is 0 Å². The molecular formula is C13H11F3OS. The number of thiophene rings is 1. The van der Waals surface area contributed by atoms with Crippen molar-refractivity contribution in [3.8, 4) is 0 Å². The fraction of sp³-hybridized carbons (Fsp3) is 0.231. The maximum absolute atomic E-state index is 13.7. The van der Waals surface area contributed by atoms with Crippen LogP contribution in [-0.2, 0) is 5.60 Å². The maximum atomic E-state index is 13.7. The second-order valence-corrected chi connectivity index (χ2v) is 5.49. The monoisotopic (exact) mass is 272 g/mol. The van der Waals surface area contributed by atoms with Crippen LogP contribution in [0.3, 0.4) is 0 Å². The summed E-state index contributed by atoms with van der Waals surface area (Å²) in [5.74, 6) is -4.19. The molecule has 5 heteroatoms. The van der Waals surface area contributed by atoms with E-state index in [1.807, 2.05) is 6.92 Å². The predicted molar refractivity (Wildman–Crippen MR) is 64.0 cm³/mol. The smallest absolute Gasteiger partial charge is 0.194 e. The van der Waals surface area contributed by atoms with Gasteiger partial charge < -0.3 is 5.11 Å². The van der Waals surface area contributed by atoms with Crippen molar-refractivity contribution in [2.24, 2.45) is 0 Å². The first-order valence-electron chi connectivity index (χ1n) is 5.27. The molecule has 0 spiro atoms. The van der Waals surface area contributed by atoms with E-state index in [1.54, 1.807) is 12.1 Å². The summed E-state index contributed by atoms with van der Waals surface area (Å²) in [6, 6.07) is 5.28. The molecule has 0 saturated heterocycles. The summed E-state index contributed by atoms with van der Waals surface area (Å²) in [4.78, 5) is 1.41. The number of halogens is 3. The van der Waals surface area contributed by atoms with E-state index in [-0.39, 0.29) is 5.56 Å². The molecule has 0 amide bonds. The van der Waals surface area contributed by atoms with E-state index in [4.69, 9.17) is 0 Å². The Hall–Kier alpha value is -1.33. The van der Waals surface area contributed by atoms with Gasteiger partial charge in [0, 0.05) is 15.3 Å². The lowest BCUT2D eigenvalue weighted by atomic mass is 9.93. The fourth-order valence-electron chi connectivity index (χ4n) is 1.73.